The first-order valence-electron chi connectivity index (χ1n) is 6.27. The summed E-state index contributed by atoms with van der Waals surface area (Å²) in [5, 5.41) is 9.59. The van der Waals surface area contributed by atoms with Crippen molar-refractivity contribution in [2.45, 2.75) is 24.4 Å². The van der Waals surface area contributed by atoms with Gasteiger partial charge in [0.15, 0.2) is 0 Å². The zero-order chi connectivity index (χ0) is 13.5. The molecule has 2 aliphatic heterocycles. The maximum absolute atomic E-state index is 12.1. The monoisotopic (exact) mass is 278 g/mol. The molecule has 100 valence electrons. The number of thioether (sulfide) groups is 1. The number of carbonyl (C=O) groups is 2. The average Bonchev–Trinajstić information content (AvgIpc) is 2.39. The van der Waals surface area contributed by atoms with Gasteiger partial charge in [0.25, 0.3) is 0 Å². The van der Waals surface area contributed by atoms with E-state index in [4.69, 9.17) is 4.74 Å². The molecule has 0 aliphatic carbocycles. The molecule has 5 heteroatoms. The summed E-state index contributed by atoms with van der Waals surface area (Å²) in [7, 11) is 0. The standard InChI is InChI=1S/C14H14O4S/c15-12(16)11-9-3-1-2-4-10(9)13(17)18-14(11)5-7-19-8-6-14/h1-4,11H,5-8H2,(H,15,16)/t11-/m0/s1. The first-order chi connectivity index (χ1) is 9.14. The molecule has 0 saturated carbocycles. The molecule has 0 amide bonds. The van der Waals surface area contributed by atoms with Crippen molar-refractivity contribution in [1.29, 1.82) is 0 Å². The largest absolute Gasteiger partial charge is 0.481 e. The lowest BCUT2D eigenvalue weighted by Gasteiger charge is -2.44. The van der Waals surface area contributed by atoms with Gasteiger partial charge in [-0.25, -0.2) is 4.79 Å². The molecule has 0 radical (unpaired) electrons. The molecular formula is C14H14O4S. The lowest BCUT2D eigenvalue weighted by Crippen LogP contribution is -2.50. The molecule has 3 rings (SSSR count). The van der Waals surface area contributed by atoms with Crippen LogP contribution in [0, 0.1) is 0 Å². The van der Waals surface area contributed by atoms with Crippen molar-refractivity contribution in [3.05, 3.63) is 35.4 Å². The lowest BCUT2D eigenvalue weighted by atomic mass is 9.74. The molecule has 2 heterocycles. The van der Waals surface area contributed by atoms with Gasteiger partial charge < -0.3 is 9.84 Å². The van der Waals surface area contributed by atoms with Gasteiger partial charge in [-0.15, -0.1) is 0 Å². The highest BCUT2D eigenvalue weighted by atomic mass is 32.2. The van der Waals surface area contributed by atoms with E-state index in [1.807, 2.05) is 0 Å². The summed E-state index contributed by atoms with van der Waals surface area (Å²) in [4.78, 5) is 23.8. The van der Waals surface area contributed by atoms with Crippen molar-refractivity contribution < 1.29 is 19.4 Å². The van der Waals surface area contributed by atoms with Gasteiger partial charge in [0.05, 0.1) is 5.56 Å². The molecule has 1 atom stereocenters. The molecule has 0 bridgehead atoms. The summed E-state index contributed by atoms with van der Waals surface area (Å²) in [6.45, 7) is 0. The number of hydrogen-bond donors (Lipinski definition) is 1. The number of esters is 1. The smallest absolute Gasteiger partial charge is 0.339 e. The Hall–Kier alpha value is -1.49. The first kappa shape index (κ1) is 12.5. The van der Waals surface area contributed by atoms with Crippen molar-refractivity contribution in [2.24, 2.45) is 0 Å². The molecule has 1 saturated heterocycles. The van der Waals surface area contributed by atoms with Crippen LogP contribution in [0.1, 0.15) is 34.7 Å². The Morgan fingerprint density at radius 1 is 1.32 bits per heavy atom. The molecule has 0 unspecified atom stereocenters. The number of ether oxygens (including phenoxy) is 1. The number of hydrogen-bond acceptors (Lipinski definition) is 4. The van der Waals surface area contributed by atoms with Crippen LogP contribution < -0.4 is 0 Å². The molecule has 1 N–H and O–H groups in total. The molecule has 0 aromatic heterocycles. The minimum Gasteiger partial charge on any atom is -0.481 e. The summed E-state index contributed by atoms with van der Waals surface area (Å²) in [6.07, 6.45) is 1.21. The number of carbonyl (C=O) groups excluding carboxylic acids is 1. The quantitative estimate of drug-likeness (QED) is 0.798. The highest BCUT2D eigenvalue weighted by Gasteiger charge is 2.52. The van der Waals surface area contributed by atoms with Gasteiger partial charge in [0.1, 0.15) is 11.5 Å². The third-order valence-electron chi connectivity index (χ3n) is 3.90. The summed E-state index contributed by atoms with van der Waals surface area (Å²) in [5.41, 5.74) is 0.125. The Labute approximate surface area is 115 Å². The second kappa shape index (κ2) is 4.56. The van der Waals surface area contributed by atoms with E-state index in [2.05, 4.69) is 0 Å². The fourth-order valence-electron chi connectivity index (χ4n) is 2.98. The molecule has 1 aromatic carbocycles. The molecule has 1 aromatic rings. The van der Waals surface area contributed by atoms with E-state index in [9.17, 15) is 14.7 Å². The lowest BCUT2D eigenvalue weighted by molar-refractivity contribution is -0.147. The van der Waals surface area contributed by atoms with Crippen molar-refractivity contribution in [3.8, 4) is 0 Å². The van der Waals surface area contributed by atoms with Gasteiger partial charge in [0, 0.05) is 0 Å². The van der Waals surface area contributed by atoms with Crippen LogP contribution in [-0.4, -0.2) is 34.2 Å². The van der Waals surface area contributed by atoms with Crippen LogP contribution in [0.4, 0.5) is 0 Å². The molecule has 19 heavy (non-hydrogen) atoms. The van der Waals surface area contributed by atoms with Crippen molar-refractivity contribution in [2.75, 3.05) is 11.5 Å². The summed E-state index contributed by atoms with van der Waals surface area (Å²) in [6, 6.07) is 6.88. The van der Waals surface area contributed by atoms with E-state index >= 15 is 0 Å². The van der Waals surface area contributed by atoms with Gasteiger partial charge in [-0.3, -0.25) is 4.79 Å². The van der Waals surface area contributed by atoms with Gasteiger partial charge in [0.2, 0.25) is 0 Å². The minimum atomic E-state index is -0.910. The number of rotatable bonds is 1. The second-order valence-electron chi connectivity index (χ2n) is 4.93. The first-order valence-corrected chi connectivity index (χ1v) is 7.42. The number of aliphatic carboxylic acids is 1. The Balaban J connectivity index is 2.13. The van der Waals surface area contributed by atoms with Crippen molar-refractivity contribution in [3.63, 3.8) is 0 Å². The van der Waals surface area contributed by atoms with E-state index in [0.717, 1.165) is 11.5 Å². The predicted molar refractivity (Wildman–Crippen MR) is 71.5 cm³/mol. The minimum absolute atomic E-state index is 0.388. The average molecular weight is 278 g/mol. The highest BCUT2D eigenvalue weighted by molar-refractivity contribution is 7.99. The van der Waals surface area contributed by atoms with E-state index in [-0.39, 0.29) is 5.97 Å². The Morgan fingerprint density at radius 2 is 2.00 bits per heavy atom. The maximum atomic E-state index is 12.1. The van der Waals surface area contributed by atoms with E-state index < -0.39 is 17.5 Å². The normalized spacial score (nSPS) is 24.6. The summed E-state index contributed by atoms with van der Waals surface area (Å²) < 4.78 is 5.58. The zero-order valence-corrected chi connectivity index (χ0v) is 11.1. The van der Waals surface area contributed by atoms with Gasteiger partial charge in [-0.05, 0) is 36.0 Å². The number of benzene rings is 1. The van der Waals surface area contributed by atoms with Crippen molar-refractivity contribution >= 4 is 23.7 Å². The zero-order valence-electron chi connectivity index (χ0n) is 10.3. The fraction of sp³-hybridized carbons (Fsp3) is 0.429. The SMILES string of the molecule is O=C1OC2(CCSCC2)[C@H](C(=O)O)c2ccccc21. The summed E-state index contributed by atoms with van der Waals surface area (Å²) in [5.74, 6) is -0.382. The Bertz CT molecular complexity index is 534. The predicted octanol–water partition coefficient (Wildman–Crippen LogP) is 2.29. The number of carboxylic acids is 1. The molecule has 4 nitrogen and oxygen atoms in total. The topological polar surface area (TPSA) is 63.6 Å². The van der Waals surface area contributed by atoms with Crippen LogP contribution in [0.3, 0.4) is 0 Å². The fourth-order valence-corrected chi connectivity index (χ4v) is 4.17. The van der Waals surface area contributed by atoms with E-state index in [0.29, 0.717) is 24.0 Å². The molecule has 2 aliphatic rings. The third-order valence-corrected chi connectivity index (χ3v) is 4.89. The Morgan fingerprint density at radius 3 is 2.68 bits per heavy atom. The van der Waals surface area contributed by atoms with Gasteiger partial charge in [-0.1, -0.05) is 18.2 Å². The van der Waals surface area contributed by atoms with Gasteiger partial charge >= 0.3 is 11.9 Å². The second-order valence-corrected chi connectivity index (χ2v) is 6.15. The van der Waals surface area contributed by atoms with Crippen molar-refractivity contribution in [1.82, 2.24) is 0 Å². The van der Waals surface area contributed by atoms with Crippen LogP contribution >= 0.6 is 11.8 Å². The van der Waals surface area contributed by atoms with Crippen LogP contribution in [0.2, 0.25) is 0 Å². The third kappa shape index (κ3) is 1.92. The van der Waals surface area contributed by atoms with Gasteiger partial charge in [-0.2, -0.15) is 11.8 Å². The van der Waals surface area contributed by atoms with Crippen LogP contribution in [0.15, 0.2) is 24.3 Å². The van der Waals surface area contributed by atoms with Crippen LogP contribution in [-0.2, 0) is 9.53 Å². The number of fused-ring (bicyclic) bond motifs is 1. The highest BCUT2D eigenvalue weighted by Crippen LogP contribution is 2.46. The number of carboxylic acid groups (broad SMARTS) is 1. The van der Waals surface area contributed by atoms with Crippen LogP contribution in [0.5, 0.6) is 0 Å². The van der Waals surface area contributed by atoms with E-state index in [1.54, 1.807) is 36.0 Å². The molecular weight excluding hydrogens is 264 g/mol. The summed E-state index contributed by atoms with van der Waals surface area (Å²) >= 11 is 1.77. The maximum Gasteiger partial charge on any atom is 0.339 e. The Kier molecular flexibility index (Phi) is 3.01. The molecule has 1 spiro atoms. The molecule has 1 fully saturated rings. The van der Waals surface area contributed by atoms with Crippen LogP contribution in [0.25, 0.3) is 0 Å². The van der Waals surface area contributed by atoms with E-state index in [1.165, 1.54) is 0 Å².